The minimum absolute atomic E-state index is 0.315. The zero-order valence-electron chi connectivity index (χ0n) is 9.80. The van der Waals surface area contributed by atoms with E-state index in [2.05, 4.69) is 15.7 Å². The highest BCUT2D eigenvalue weighted by molar-refractivity contribution is 5.82. The van der Waals surface area contributed by atoms with Crippen LogP contribution >= 0.6 is 0 Å². The van der Waals surface area contributed by atoms with Crippen LogP contribution in [0.4, 0.5) is 4.79 Å². The molecule has 0 saturated carbocycles. The zero-order valence-corrected chi connectivity index (χ0v) is 9.80. The molecule has 94 valence electrons. The number of rotatable bonds is 5. The molecule has 1 rings (SSSR count). The summed E-state index contributed by atoms with van der Waals surface area (Å²) in [4.78, 5) is 22.1. The van der Waals surface area contributed by atoms with Crippen LogP contribution in [0.2, 0.25) is 0 Å². The summed E-state index contributed by atoms with van der Waals surface area (Å²) in [5.74, 6) is -1.04. The predicted molar refractivity (Wildman–Crippen MR) is 60.3 cm³/mol. The number of amides is 2. The summed E-state index contributed by atoms with van der Waals surface area (Å²) >= 11 is 0. The maximum atomic E-state index is 11.4. The van der Waals surface area contributed by atoms with Crippen molar-refractivity contribution in [1.29, 1.82) is 0 Å². The van der Waals surface area contributed by atoms with Gasteiger partial charge in [0.1, 0.15) is 6.04 Å². The molecule has 7 nitrogen and oxygen atoms in total. The third kappa shape index (κ3) is 4.13. The Labute approximate surface area is 98.8 Å². The SMILES string of the molecule is CC[C@@H](NC(=O)NCc1cnn(C)c1)C(=O)O. The van der Waals surface area contributed by atoms with Crippen LogP contribution in [-0.4, -0.2) is 32.9 Å². The molecule has 1 heterocycles. The van der Waals surface area contributed by atoms with Gasteiger partial charge in [0.2, 0.25) is 0 Å². The lowest BCUT2D eigenvalue weighted by molar-refractivity contribution is -0.139. The number of urea groups is 1. The molecular weight excluding hydrogens is 224 g/mol. The highest BCUT2D eigenvalue weighted by Crippen LogP contribution is 1.95. The lowest BCUT2D eigenvalue weighted by atomic mass is 10.2. The van der Waals surface area contributed by atoms with E-state index in [4.69, 9.17) is 5.11 Å². The second-order valence-electron chi connectivity index (χ2n) is 3.65. The summed E-state index contributed by atoms with van der Waals surface area (Å²) in [5.41, 5.74) is 0.853. The second kappa shape index (κ2) is 5.88. The van der Waals surface area contributed by atoms with Gasteiger partial charge in [-0.2, -0.15) is 5.10 Å². The number of aliphatic carboxylic acids is 1. The maximum absolute atomic E-state index is 11.4. The molecule has 0 fully saturated rings. The lowest BCUT2D eigenvalue weighted by Crippen LogP contribution is -2.45. The number of carbonyl (C=O) groups is 2. The van der Waals surface area contributed by atoms with Crippen LogP contribution in [0.3, 0.4) is 0 Å². The van der Waals surface area contributed by atoms with Crippen LogP contribution in [0, 0.1) is 0 Å². The van der Waals surface area contributed by atoms with Gasteiger partial charge >= 0.3 is 12.0 Å². The number of nitrogens with zero attached hydrogens (tertiary/aromatic N) is 2. The van der Waals surface area contributed by atoms with Crippen LogP contribution in [0.5, 0.6) is 0 Å². The van der Waals surface area contributed by atoms with Gasteiger partial charge < -0.3 is 15.7 Å². The maximum Gasteiger partial charge on any atom is 0.326 e. The molecule has 0 aliphatic rings. The molecule has 0 radical (unpaired) electrons. The normalized spacial score (nSPS) is 11.9. The van der Waals surface area contributed by atoms with Crippen LogP contribution in [0.1, 0.15) is 18.9 Å². The average molecular weight is 240 g/mol. The number of hydrogen-bond donors (Lipinski definition) is 3. The van der Waals surface area contributed by atoms with Gasteiger partial charge in [-0.3, -0.25) is 4.68 Å². The van der Waals surface area contributed by atoms with E-state index in [0.29, 0.717) is 13.0 Å². The van der Waals surface area contributed by atoms with E-state index in [1.54, 1.807) is 31.0 Å². The molecule has 1 atom stereocenters. The molecule has 0 unspecified atom stereocenters. The molecule has 17 heavy (non-hydrogen) atoms. The first-order valence-corrected chi connectivity index (χ1v) is 5.27. The highest BCUT2D eigenvalue weighted by Gasteiger charge is 2.16. The highest BCUT2D eigenvalue weighted by atomic mass is 16.4. The minimum Gasteiger partial charge on any atom is -0.480 e. The van der Waals surface area contributed by atoms with Crippen molar-refractivity contribution in [2.75, 3.05) is 0 Å². The first-order valence-electron chi connectivity index (χ1n) is 5.27. The predicted octanol–water partition coefficient (Wildman–Crippen LogP) is 0.0825. The van der Waals surface area contributed by atoms with Crippen molar-refractivity contribution in [3.8, 4) is 0 Å². The van der Waals surface area contributed by atoms with E-state index in [9.17, 15) is 9.59 Å². The molecule has 2 amide bonds. The van der Waals surface area contributed by atoms with Gasteiger partial charge in [0.05, 0.1) is 6.20 Å². The Morgan fingerprint density at radius 1 is 1.59 bits per heavy atom. The number of carboxylic acids is 1. The van der Waals surface area contributed by atoms with Gasteiger partial charge in [-0.1, -0.05) is 6.92 Å². The summed E-state index contributed by atoms with van der Waals surface area (Å²) in [6.45, 7) is 2.01. The van der Waals surface area contributed by atoms with Gasteiger partial charge in [-0.15, -0.1) is 0 Å². The molecule has 0 bridgehead atoms. The van der Waals surface area contributed by atoms with E-state index in [-0.39, 0.29) is 0 Å². The Morgan fingerprint density at radius 2 is 2.29 bits per heavy atom. The van der Waals surface area contributed by atoms with Crippen LogP contribution < -0.4 is 10.6 Å². The third-order valence-corrected chi connectivity index (χ3v) is 2.22. The monoisotopic (exact) mass is 240 g/mol. The van der Waals surface area contributed by atoms with Crippen LogP contribution in [-0.2, 0) is 18.4 Å². The standard InChI is InChI=1S/C10H16N4O3/c1-3-8(9(15)16)13-10(17)11-4-7-5-12-14(2)6-7/h5-6,8H,3-4H2,1-2H3,(H,15,16)(H2,11,13,17)/t8-/m1/s1. The number of carbonyl (C=O) groups excluding carboxylic acids is 1. The molecule has 3 N–H and O–H groups in total. The van der Waals surface area contributed by atoms with Gasteiger partial charge in [0, 0.05) is 25.4 Å². The van der Waals surface area contributed by atoms with E-state index >= 15 is 0 Å². The van der Waals surface area contributed by atoms with Crippen molar-refractivity contribution < 1.29 is 14.7 Å². The molecule has 1 aromatic rings. The Balaban J connectivity index is 2.37. The Hall–Kier alpha value is -2.05. The van der Waals surface area contributed by atoms with Gasteiger partial charge in [-0.25, -0.2) is 9.59 Å². The molecular formula is C10H16N4O3. The summed E-state index contributed by atoms with van der Waals surface area (Å²) < 4.78 is 1.63. The summed E-state index contributed by atoms with van der Waals surface area (Å²) in [6, 6.07) is -1.35. The van der Waals surface area contributed by atoms with Gasteiger partial charge in [0.15, 0.2) is 0 Å². The summed E-state index contributed by atoms with van der Waals surface area (Å²) in [5, 5.41) is 17.6. The number of carboxylic acid groups (broad SMARTS) is 1. The topological polar surface area (TPSA) is 96.3 Å². The largest absolute Gasteiger partial charge is 0.480 e. The van der Waals surface area contributed by atoms with Crippen molar-refractivity contribution in [3.63, 3.8) is 0 Å². The third-order valence-electron chi connectivity index (χ3n) is 2.22. The molecule has 0 aliphatic carbocycles. The van der Waals surface area contributed by atoms with E-state index < -0.39 is 18.0 Å². The van der Waals surface area contributed by atoms with Crippen molar-refractivity contribution in [2.24, 2.45) is 7.05 Å². The van der Waals surface area contributed by atoms with Crippen molar-refractivity contribution in [2.45, 2.75) is 25.9 Å². The molecule has 1 aromatic heterocycles. The smallest absolute Gasteiger partial charge is 0.326 e. The molecule has 7 heteroatoms. The van der Waals surface area contributed by atoms with Crippen LogP contribution in [0.15, 0.2) is 12.4 Å². The van der Waals surface area contributed by atoms with Crippen molar-refractivity contribution in [3.05, 3.63) is 18.0 Å². The first-order chi connectivity index (χ1) is 8.02. The Kier molecular flexibility index (Phi) is 4.50. The first kappa shape index (κ1) is 13.0. The van der Waals surface area contributed by atoms with Gasteiger partial charge in [0.25, 0.3) is 0 Å². The molecule has 0 spiro atoms. The lowest BCUT2D eigenvalue weighted by Gasteiger charge is -2.12. The van der Waals surface area contributed by atoms with Crippen molar-refractivity contribution in [1.82, 2.24) is 20.4 Å². The second-order valence-corrected chi connectivity index (χ2v) is 3.65. The summed E-state index contributed by atoms with van der Waals surface area (Å²) in [7, 11) is 1.78. The fraction of sp³-hybridized carbons (Fsp3) is 0.500. The zero-order chi connectivity index (χ0) is 12.8. The average Bonchev–Trinajstić information content (AvgIpc) is 2.68. The minimum atomic E-state index is -1.04. The Morgan fingerprint density at radius 3 is 2.76 bits per heavy atom. The van der Waals surface area contributed by atoms with Crippen molar-refractivity contribution >= 4 is 12.0 Å². The number of hydrogen-bond acceptors (Lipinski definition) is 3. The fourth-order valence-electron chi connectivity index (χ4n) is 1.29. The molecule has 0 aromatic carbocycles. The van der Waals surface area contributed by atoms with E-state index in [1.807, 2.05) is 0 Å². The fourth-order valence-corrected chi connectivity index (χ4v) is 1.29. The molecule has 0 aliphatic heterocycles. The van der Waals surface area contributed by atoms with Crippen LogP contribution in [0.25, 0.3) is 0 Å². The molecule has 0 saturated heterocycles. The quantitative estimate of drug-likeness (QED) is 0.679. The summed E-state index contributed by atoms with van der Waals surface area (Å²) in [6.07, 6.45) is 3.75. The number of aromatic nitrogens is 2. The number of nitrogens with one attached hydrogen (secondary N) is 2. The van der Waals surface area contributed by atoms with E-state index in [1.165, 1.54) is 0 Å². The Bertz CT molecular complexity index is 402. The van der Waals surface area contributed by atoms with E-state index in [0.717, 1.165) is 5.56 Å². The number of aryl methyl sites for hydroxylation is 1. The van der Waals surface area contributed by atoms with Gasteiger partial charge in [-0.05, 0) is 6.42 Å².